The average Bonchev–Trinajstić information content (AvgIpc) is 2.54. The molecule has 1 saturated carbocycles. The summed E-state index contributed by atoms with van der Waals surface area (Å²) >= 11 is 0. The van der Waals surface area contributed by atoms with Crippen molar-refractivity contribution in [3.8, 4) is 0 Å². The Bertz CT molecular complexity index is 711. The topological polar surface area (TPSA) is 62.2 Å². The summed E-state index contributed by atoms with van der Waals surface area (Å²) in [5, 5.41) is 12.3. The molecule has 1 unspecified atom stereocenters. The van der Waals surface area contributed by atoms with Crippen LogP contribution in [0.3, 0.4) is 0 Å². The number of hydrogen-bond acceptors (Lipinski definition) is 2. The summed E-state index contributed by atoms with van der Waals surface area (Å²) in [7, 11) is 0. The van der Waals surface area contributed by atoms with Gasteiger partial charge < -0.3 is 10.4 Å². The Hall–Kier alpha value is -2.17. The highest BCUT2D eigenvalue weighted by Gasteiger charge is 2.27. The van der Waals surface area contributed by atoms with Gasteiger partial charge in [0.05, 0.1) is 5.52 Å². The lowest BCUT2D eigenvalue weighted by molar-refractivity contribution is 0.179. The molecule has 0 spiro atoms. The lowest BCUT2D eigenvalue weighted by Gasteiger charge is -2.32. The van der Waals surface area contributed by atoms with Crippen molar-refractivity contribution in [2.45, 2.75) is 44.6 Å². The molecular formula is C18H21FN2O2. The predicted molar refractivity (Wildman–Crippen MR) is 87.0 cm³/mol. The summed E-state index contributed by atoms with van der Waals surface area (Å²) in [6, 6.07) is 6.69. The summed E-state index contributed by atoms with van der Waals surface area (Å²) in [5.41, 5.74) is 1.98. The predicted octanol–water partition coefficient (Wildman–Crippen LogP) is 4.30. The second-order valence-corrected chi connectivity index (χ2v) is 6.41. The van der Waals surface area contributed by atoms with Crippen LogP contribution in [0.2, 0.25) is 0 Å². The Morgan fingerprint density at radius 1 is 1.30 bits per heavy atom. The molecular weight excluding hydrogens is 295 g/mol. The molecule has 1 aromatic heterocycles. The Balaban J connectivity index is 1.75. The molecule has 0 bridgehead atoms. The van der Waals surface area contributed by atoms with Crippen LogP contribution in [0.25, 0.3) is 10.9 Å². The van der Waals surface area contributed by atoms with Crippen molar-refractivity contribution in [1.82, 2.24) is 10.3 Å². The first-order valence-electron chi connectivity index (χ1n) is 8.08. The van der Waals surface area contributed by atoms with Gasteiger partial charge in [0.25, 0.3) is 0 Å². The summed E-state index contributed by atoms with van der Waals surface area (Å²) in [4.78, 5) is 15.1. The fourth-order valence-electron chi connectivity index (χ4n) is 3.74. The van der Waals surface area contributed by atoms with Crippen molar-refractivity contribution in [1.29, 1.82) is 0 Å². The van der Waals surface area contributed by atoms with E-state index in [1.54, 1.807) is 18.3 Å². The van der Waals surface area contributed by atoms with Gasteiger partial charge >= 0.3 is 6.09 Å². The van der Waals surface area contributed by atoms with Crippen molar-refractivity contribution >= 4 is 17.0 Å². The van der Waals surface area contributed by atoms with E-state index in [4.69, 9.17) is 5.11 Å². The molecule has 1 atom stereocenters. The van der Waals surface area contributed by atoms with Crippen LogP contribution < -0.4 is 5.32 Å². The largest absolute Gasteiger partial charge is 0.465 e. The smallest absolute Gasteiger partial charge is 0.404 e. The molecule has 1 aromatic carbocycles. The van der Waals surface area contributed by atoms with Crippen molar-refractivity contribution in [2.24, 2.45) is 5.92 Å². The van der Waals surface area contributed by atoms with Gasteiger partial charge in [0, 0.05) is 17.6 Å². The van der Waals surface area contributed by atoms with E-state index in [1.807, 2.05) is 13.0 Å². The maximum absolute atomic E-state index is 13.6. The van der Waals surface area contributed by atoms with E-state index in [-0.39, 0.29) is 11.9 Å². The van der Waals surface area contributed by atoms with Crippen molar-refractivity contribution in [3.05, 3.63) is 41.8 Å². The molecule has 1 fully saturated rings. The first-order chi connectivity index (χ1) is 11.0. The minimum atomic E-state index is -0.963. The first kappa shape index (κ1) is 15.7. The number of rotatable bonds is 3. The zero-order valence-electron chi connectivity index (χ0n) is 13.1. The molecule has 0 saturated heterocycles. The zero-order chi connectivity index (χ0) is 16.4. The minimum absolute atomic E-state index is 0.0277. The molecule has 2 aromatic rings. The number of fused-ring (bicyclic) bond motifs is 1. The second-order valence-electron chi connectivity index (χ2n) is 6.41. The standard InChI is InChI=1S/C18H21FN2O2/c1-11(21-18(22)23)12-2-4-13(5-3-12)15-8-9-20-17-7-6-14(19)10-16(15)17/h6-13,21H,2-5H2,1H3,(H,22,23). The third kappa shape index (κ3) is 3.44. The van der Waals surface area contributed by atoms with Gasteiger partial charge in [-0.1, -0.05) is 0 Å². The number of amides is 1. The molecule has 4 nitrogen and oxygen atoms in total. The highest BCUT2D eigenvalue weighted by Crippen LogP contribution is 2.39. The molecule has 5 heteroatoms. The van der Waals surface area contributed by atoms with Crippen LogP contribution in [0.4, 0.5) is 9.18 Å². The maximum Gasteiger partial charge on any atom is 0.404 e. The van der Waals surface area contributed by atoms with Gasteiger partial charge in [0.2, 0.25) is 0 Å². The Morgan fingerprint density at radius 2 is 2.04 bits per heavy atom. The van der Waals surface area contributed by atoms with Gasteiger partial charge in [-0.05, 0) is 74.3 Å². The van der Waals surface area contributed by atoms with Gasteiger partial charge in [-0.3, -0.25) is 4.98 Å². The number of nitrogens with one attached hydrogen (secondary N) is 1. The molecule has 1 aliphatic carbocycles. The molecule has 1 amide bonds. The number of carboxylic acid groups (broad SMARTS) is 1. The molecule has 122 valence electrons. The SMILES string of the molecule is CC(NC(=O)O)C1CCC(c2ccnc3ccc(F)cc23)CC1. The molecule has 0 radical (unpaired) electrons. The number of hydrogen-bond donors (Lipinski definition) is 2. The number of carbonyl (C=O) groups is 1. The first-order valence-corrected chi connectivity index (χ1v) is 8.08. The van der Waals surface area contributed by atoms with E-state index < -0.39 is 6.09 Å². The van der Waals surface area contributed by atoms with Crippen LogP contribution in [-0.2, 0) is 0 Å². The highest BCUT2D eigenvalue weighted by molar-refractivity contribution is 5.82. The van der Waals surface area contributed by atoms with E-state index in [9.17, 15) is 9.18 Å². The number of pyridine rings is 1. The number of aromatic nitrogens is 1. The van der Waals surface area contributed by atoms with Crippen LogP contribution in [0.1, 0.15) is 44.1 Å². The minimum Gasteiger partial charge on any atom is -0.465 e. The Labute approximate surface area is 134 Å². The highest BCUT2D eigenvalue weighted by atomic mass is 19.1. The average molecular weight is 316 g/mol. The molecule has 3 rings (SSSR count). The fourth-order valence-corrected chi connectivity index (χ4v) is 3.74. The molecule has 23 heavy (non-hydrogen) atoms. The summed E-state index contributed by atoms with van der Waals surface area (Å²) in [6.45, 7) is 1.93. The zero-order valence-corrected chi connectivity index (χ0v) is 13.1. The second kappa shape index (κ2) is 6.52. The Kier molecular flexibility index (Phi) is 4.46. The summed E-state index contributed by atoms with van der Waals surface area (Å²) in [5.74, 6) is 0.516. The van der Waals surface area contributed by atoms with Crippen LogP contribution in [0.15, 0.2) is 30.5 Å². The lowest BCUT2D eigenvalue weighted by Crippen LogP contribution is -2.38. The number of benzene rings is 1. The number of halogens is 1. The van der Waals surface area contributed by atoms with Crippen molar-refractivity contribution in [2.75, 3.05) is 0 Å². The van der Waals surface area contributed by atoms with Gasteiger partial charge in [0.15, 0.2) is 0 Å². The monoisotopic (exact) mass is 316 g/mol. The summed E-state index contributed by atoms with van der Waals surface area (Å²) < 4.78 is 13.6. The van der Waals surface area contributed by atoms with Gasteiger partial charge in [-0.15, -0.1) is 0 Å². The van der Waals surface area contributed by atoms with Crippen LogP contribution in [0, 0.1) is 11.7 Å². The van der Waals surface area contributed by atoms with Crippen LogP contribution in [-0.4, -0.2) is 22.2 Å². The molecule has 2 N–H and O–H groups in total. The third-order valence-corrected chi connectivity index (χ3v) is 5.01. The van der Waals surface area contributed by atoms with E-state index in [0.29, 0.717) is 11.8 Å². The van der Waals surface area contributed by atoms with Crippen LogP contribution >= 0.6 is 0 Å². The maximum atomic E-state index is 13.6. The number of nitrogens with zero attached hydrogens (tertiary/aromatic N) is 1. The molecule has 0 aliphatic heterocycles. The van der Waals surface area contributed by atoms with Crippen molar-refractivity contribution < 1.29 is 14.3 Å². The van der Waals surface area contributed by atoms with Gasteiger partial charge in [-0.25, -0.2) is 9.18 Å². The van der Waals surface area contributed by atoms with Gasteiger partial charge in [0.1, 0.15) is 5.82 Å². The lowest BCUT2D eigenvalue weighted by atomic mass is 9.75. The third-order valence-electron chi connectivity index (χ3n) is 5.01. The van der Waals surface area contributed by atoms with Crippen molar-refractivity contribution in [3.63, 3.8) is 0 Å². The van der Waals surface area contributed by atoms with Crippen LogP contribution in [0.5, 0.6) is 0 Å². The summed E-state index contributed by atoms with van der Waals surface area (Å²) in [6.07, 6.45) is 4.76. The van der Waals surface area contributed by atoms with Gasteiger partial charge in [-0.2, -0.15) is 0 Å². The quantitative estimate of drug-likeness (QED) is 0.887. The van der Waals surface area contributed by atoms with E-state index in [0.717, 1.165) is 42.1 Å². The fraction of sp³-hybridized carbons (Fsp3) is 0.444. The van der Waals surface area contributed by atoms with E-state index >= 15 is 0 Å². The molecule has 1 aliphatic rings. The normalized spacial score (nSPS) is 22.7. The van der Waals surface area contributed by atoms with E-state index in [2.05, 4.69) is 10.3 Å². The van der Waals surface area contributed by atoms with E-state index in [1.165, 1.54) is 6.07 Å². The Morgan fingerprint density at radius 3 is 2.74 bits per heavy atom. The molecule has 1 heterocycles.